The summed E-state index contributed by atoms with van der Waals surface area (Å²) < 4.78 is 0. The Balaban J connectivity index is 1.77. The van der Waals surface area contributed by atoms with Crippen LogP contribution >= 0.6 is 0 Å². The lowest BCUT2D eigenvalue weighted by molar-refractivity contribution is -0.156. The van der Waals surface area contributed by atoms with Gasteiger partial charge in [0.1, 0.15) is 0 Å². The lowest BCUT2D eigenvalue weighted by Gasteiger charge is -2.21. The van der Waals surface area contributed by atoms with E-state index < -0.39 is 11.9 Å². The molecule has 7 heteroatoms. The Morgan fingerprint density at radius 2 is 1.27 bits per heavy atom. The zero-order valence-corrected chi connectivity index (χ0v) is 21.9. The van der Waals surface area contributed by atoms with Crippen LogP contribution < -0.4 is 5.32 Å². The van der Waals surface area contributed by atoms with Crippen molar-refractivity contribution >= 4 is 17.8 Å². The number of nitrogens with zero attached hydrogens (tertiary/aromatic N) is 2. The molecule has 2 amide bonds. The maximum Gasteiger partial charge on any atom is 0.394 e. The van der Waals surface area contributed by atoms with E-state index in [2.05, 4.69) is 12.2 Å². The SMILES string of the molecule is CCCCCCCCCCCCNC(=O)c1ccc(CN(Cc2ccc(C#N)cc2)C(=O)C(=O)O)cc1. The fourth-order valence-electron chi connectivity index (χ4n) is 4.14. The minimum atomic E-state index is -1.53. The molecule has 0 bridgehead atoms. The van der Waals surface area contributed by atoms with Gasteiger partial charge in [0.15, 0.2) is 0 Å². The highest BCUT2D eigenvalue weighted by molar-refractivity contribution is 6.31. The number of carbonyl (C=O) groups is 3. The van der Waals surface area contributed by atoms with E-state index in [1.165, 1.54) is 56.3 Å². The molecule has 0 unspecified atom stereocenters. The summed E-state index contributed by atoms with van der Waals surface area (Å²) in [6, 6.07) is 15.5. The molecule has 198 valence electrons. The van der Waals surface area contributed by atoms with Gasteiger partial charge in [-0.25, -0.2) is 4.79 Å². The zero-order chi connectivity index (χ0) is 26.9. The van der Waals surface area contributed by atoms with Gasteiger partial charge in [-0.2, -0.15) is 5.26 Å². The maximum atomic E-state index is 12.5. The van der Waals surface area contributed by atoms with Crippen LogP contribution in [0.1, 0.15) is 98.2 Å². The molecule has 0 saturated heterocycles. The quantitative estimate of drug-likeness (QED) is 0.220. The summed E-state index contributed by atoms with van der Waals surface area (Å²) in [7, 11) is 0. The van der Waals surface area contributed by atoms with Gasteiger partial charge >= 0.3 is 11.9 Å². The Labute approximate surface area is 220 Å². The molecule has 0 fully saturated rings. The largest absolute Gasteiger partial charge is 0.474 e. The number of nitrogens with one attached hydrogen (secondary N) is 1. The van der Waals surface area contributed by atoms with Crippen molar-refractivity contribution in [2.45, 2.75) is 84.2 Å². The van der Waals surface area contributed by atoms with Crippen molar-refractivity contribution in [3.8, 4) is 6.07 Å². The number of rotatable bonds is 16. The number of amides is 2. The molecule has 0 aliphatic rings. The second-order valence-corrected chi connectivity index (χ2v) is 9.41. The summed E-state index contributed by atoms with van der Waals surface area (Å²) in [5.41, 5.74) is 2.45. The minimum Gasteiger partial charge on any atom is -0.474 e. The molecule has 0 radical (unpaired) electrons. The van der Waals surface area contributed by atoms with Crippen molar-refractivity contribution in [3.63, 3.8) is 0 Å². The number of unbranched alkanes of at least 4 members (excludes halogenated alkanes) is 9. The Hall–Kier alpha value is -3.66. The van der Waals surface area contributed by atoms with Crippen molar-refractivity contribution in [2.75, 3.05) is 6.54 Å². The van der Waals surface area contributed by atoms with Crippen molar-refractivity contribution in [1.29, 1.82) is 5.26 Å². The molecular formula is C30H39N3O4. The molecule has 2 rings (SSSR count). The molecule has 2 aromatic rings. The minimum absolute atomic E-state index is 0.0889. The normalized spacial score (nSPS) is 10.5. The molecule has 0 spiro atoms. The number of aliphatic carboxylic acids is 1. The monoisotopic (exact) mass is 505 g/mol. The number of hydrogen-bond donors (Lipinski definition) is 2. The third-order valence-electron chi connectivity index (χ3n) is 6.33. The van der Waals surface area contributed by atoms with E-state index in [1.807, 2.05) is 6.07 Å². The molecule has 0 aliphatic heterocycles. The summed E-state index contributed by atoms with van der Waals surface area (Å²) in [6.45, 7) is 3.06. The van der Waals surface area contributed by atoms with E-state index in [9.17, 15) is 19.5 Å². The van der Waals surface area contributed by atoms with Gasteiger partial charge in [0.05, 0.1) is 11.6 Å². The Morgan fingerprint density at radius 3 is 1.76 bits per heavy atom. The van der Waals surface area contributed by atoms with Gasteiger partial charge in [0, 0.05) is 25.2 Å². The van der Waals surface area contributed by atoms with Gasteiger partial charge in [-0.05, 0) is 41.8 Å². The number of carbonyl (C=O) groups excluding carboxylic acids is 2. The first kappa shape index (κ1) is 29.6. The van der Waals surface area contributed by atoms with Crippen molar-refractivity contribution in [3.05, 3.63) is 70.8 Å². The number of carboxylic acid groups (broad SMARTS) is 1. The summed E-state index contributed by atoms with van der Waals surface area (Å²) >= 11 is 0. The molecule has 2 aromatic carbocycles. The molecular weight excluding hydrogens is 466 g/mol. The first-order valence-corrected chi connectivity index (χ1v) is 13.3. The van der Waals surface area contributed by atoms with E-state index in [1.54, 1.807) is 48.5 Å². The van der Waals surface area contributed by atoms with Gasteiger partial charge in [-0.1, -0.05) is 89.0 Å². The standard InChI is InChI=1S/C30H39N3O4/c1-2-3-4-5-6-7-8-9-10-11-20-32-28(34)27-18-16-26(17-19-27)23-33(29(35)30(36)37)22-25-14-12-24(21-31)13-15-25/h12-19H,2-11,20,22-23H2,1H3,(H,32,34)(H,36,37). The van der Waals surface area contributed by atoms with Gasteiger partial charge in [-0.15, -0.1) is 0 Å². The highest BCUT2D eigenvalue weighted by atomic mass is 16.4. The van der Waals surface area contributed by atoms with Crippen LogP contribution in [-0.2, 0) is 22.7 Å². The van der Waals surface area contributed by atoms with Crippen molar-refractivity contribution < 1.29 is 19.5 Å². The van der Waals surface area contributed by atoms with E-state index >= 15 is 0 Å². The van der Waals surface area contributed by atoms with Crippen LogP contribution in [0.3, 0.4) is 0 Å². The van der Waals surface area contributed by atoms with E-state index in [-0.39, 0.29) is 19.0 Å². The Morgan fingerprint density at radius 1 is 0.784 bits per heavy atom. The summed E-state index contributed by atoms with van der Waals surface area (Å²) in [6.07, 6.45) is 12.5. The predicted octanol–water partition coefficient (Wildman–Crippen LogP) is 5.82. The highest BCUT2D eigenvalue weighted by Gasteiger charge is 2.21. The van der Waals surface area contributed by atoms with Crippen LogP contribution in [0.4, 0.5) is 0 Å². The molecule has 0 saturated carbocycles. The zero-order valence-electron chi connectivity index (χ0n) is 21.9. The number of hydrogen-bond acceptors (Lipinski definition) is 4. The lowest BCUT2D eigenvalue weighted by atomic mass is 10.1. The molecule has 0 heterocycles. The van der Waals surface area contributed by atoms with Crippen LogP contribution in [0, 0.1) is 11.3 Å². The first-order valence-electron chi connectivity index (χ1n) is 13.3. The molecule has 2 N–H and O–H groups in total. The van der Waals surface area contributed by atoms with Crippen LogP contribution in [0.25, 0.3) is 0 Å². The van der Waals surface area contributed by atoms with E-state index in [0.29, 0.717) is 17.7 Å². The van der Waals surface area contributed by atoms with Gasteiger partial charge in [0.2, 0.25) is 0 Å². The highest BCUT2D eigenvalue weighted by Crippen LogP contribution is 2.14. The topological polar surface area (TPSA) is 111 Å². The van der Waals surface area contributed by atoms with Crippen LogP contribution in [0.5, 0.6) is 0 Å². The molecule has 37 heavy (non-hydrogen) atoms. The molecule has 7 nitrogen and oxygen atoms in total. The third kappa shape index (κ3) is 11.3. The average Bonchev–Trinajstić information content (AvgIpc) is 2.91. The number of nitriles is 1. The van der Waals surface area contributed by atoms with Crippen molar-refractivity contribution in [2.24, 2.45) is 0 Å². The Bertz CT molecular complexity index is 1030. The first-order chi connectivity index (χ1) is 17.9. The van der Waals surface area contributed by atoms with E-state index in [4.69, 9.17) is 5.26 Å². The average molecular weight is 506 g/mol. The summed E-state index contributed by atoms with van der Waals surface area (Å²) in [4.78, 5) is 37.2. The van der Waals surface area contributed by atoms with Gasteiger partial charge in [0.25, 0.3) is 5.91 Å². The molecule has 0 atom stereocenters. The van der Waals surface area contributed by atoms with Crippen LogP contribution in [-0.4, -0.2) is 34.3 Å². The summed E-state index contributed by atoms with van der Waals surface area (Å²) in [5.74, 6) is -2.68. The number of carboxylic acids is 1. The maximum absolute atomic E-state index is 12.5. The third-order valence-corrected chi connectivity index (χ3v) is 6.33. The number of benzene rings is 2. The second-order valence-electron chi connectivity index (χ2n) is 9.41. The Kier molecular flexibility index (Phi) is 13.5. The van der Waals surface area contributed by atoms with Crippen LogP contribution in [0.2, 0.25) is 0 Å². The fraction of sp³-hybridized carbons (Fsp3) is 0.467. The lowest BCUT2D eigenvalue weighted by Crippen LogP contribution is -2.35. The van der Waals surface area contributed by atoms with Gasteiger partial charge < -0.3 is 15.3 Å². The molecule has 0 aliphatic carbocycles. The predicted molar refractivity (Wildman–Crippen MR) is 144 cm³/mol. The van der Waals surface area contributed by atoms with Crippen molar-refractivity contribution in [1.82, 2.24) is 10.2 Å². The fourth-order valence-corrected chi connectivity index (χ4v) is 4.14. The van der Waals surface area contributed by atoms with E-state index in [0.717, 1.165) is 24.0 Å². The smallest absolute Gasteiger partial charge is 0.394 e. The van der Waals surface area contributed by atoms with Crippen LogP contribution in [0.15, 0.2) is 48.5 Å². The summed E-state index contributed by atoms with van der Waals surface area (Å²) in [5, 5.41) is 21.1. The second kappa shape index (κ2) is 16.9. The van der Waals surface area contributed by atoms with Gasteiger partial charge in [-0.3, -0.25) is 9.59 Å². The molecule has 0 aromatic heterocycles.